The van der Waals surface area contributed by atoms with Crippen LogP contribution in [-0.4, -0.2) is 22.3 Å². The molecule has 5 heteroatoms. The summed E-state index contributed by atoms with van der Waals surface area (Å²) in [7, 11) is 0. The van der Waals surface area contributed by atoms with Gasteiger partial charge in [0, 0.05) is 24.1 Å². The summed E-state index contributed by atoms with van der Waals surface area (Å²) in [6.45, 7) is 7.32. The highest BCUT2D eigenvalue weighted by atomic mass is 32.1. The van der Waals surface area contributed by atoms with Crippen LogP contribution in [0.5, 0.6) is 0 Å². The average Bonchev–Trinajstić information content (AvgIpc) is 2.86. The number of nitriles is 1. The quantitative estimate of drug-likeness (QED) is 0.938. The van der Waals surface area contributed by atoms with Crippen molar-refractivity contribution in [2.45, 2.75) is 32.7 Å². The van der Waals surface area contributed by atoms with Gasteiger partial charge in [-0.1, -0.05) is 23.5 Å². The molecule has 0 saturated carbocycles. The Hall–Kier alpha value is -1.77. The van der Waals surface area contributed by atoms with E-state index >= 15 is 0 Å². The standard InChI is InChI=1S/C15H18N4S/c1-15(2,3)17-8-7-13-18-19-14(20-13)12-6-4-5-11(9-12)10-16/h4-6,9,17H,7-8H2,1-3H3. The van der Waals surface area contributed by atoms with Gasteiger partial charge in [-0.05, 0) is 32.9 Å². The molecule has 0 aliphatic heterocycles. The van der Waals surface area contributed by atoms with Gasteiger partial charge in [0.25, 0.3) is 0 Å². The number of nitrogens with one attached hydrogen (secondary N) is 1. The third-order valence-electron chi connectivity index (χ3n) is 2.70. The van der Waals surface area contributed by atoms with Crippen LogP contribution in [0.3, 0.4) is 0 Å². The maximum atomic E-state index is 8.92. The summed E-state index contributed by atoms with van der Waals surface area (Å²) < 4.78 is 0. The first-order valence-corrected chi connectivity index (χ1v) is 7.37. The van der Waals surface area contributed by atoms with E-state index < -0.39 is 0 Å². The van der Waals surface area contributed by atoms with Crippen molar-refractivity contribution in [3.63, 3.8) is 0 Å². The molecule has 0 atom stereocenters. The van der Waals surface area contributed by atoms with Crippen LogP contribution in [-0.2, 0) is 6.42 Å². The van der Waals surface area contributed by atoms with Crippen molar-refractivity contribution >= 4 is 11.3 Å². The summed E-state index contributed by atoms with van der Waals surface area (Å²) in [4.78, 5) is 0. The molecule has 4 nitrogen and oxygen atoms in total. The zero-order valence-electron chi connectivity index (χ0n) is 12.0. The Bertz CT molecular complexity index is 619. The van der Waals surface area contributed by atoms with E-state index in [9.17, 15) is 0 Å². The number of hydrogen-bond donors (Lipinski definition) is 1. The molecule has 0 aliphatic carbocycles. The summed E-state index contributed by atoms with van der Waals surface area (Å²) in [5, 5.41) is 22.7. The van der Waals surface area contributed by atoms with Crippen molar-refractivity contribution in [2.75, 3.05) is 6.54 Å². The fourth-order valence-electron chi connectivity index (χ4n) is 1.74. The molecule has 2 rings (SSSR count). The number of hydrogen-bond acceptors (Lipinski definition) is 5. The van der Waals surface area contributed by atoms with Gasteiger partial charge < -0.3 is 5.32 Å². The van der Waals surface area contributed by atoms with Crippen molar-refractivity contribution in [3.8, 4) is 16.6 Å². The minimum absolute atomic E-state index is 0.120. The fraction of sp³-hybridized carbons (Fsp3) is 0.400. The molecule has 1 aromatic carbocycles. The lowest BCUT2D eigenvalue weighted by atomic mass is 10.1. The normalized spacial score (nSPS) is 11.3. The molecule has 1 aromatic heterocycles. The lowest BCUT2D eigenvalue weighted by molar-refractivity contribution is 0.429. The molecule has 0 unspecified atom stereocenters. The Morgan fingerprint density at radius 1 is 1.30 bits per heavy atom. The lowest BCUT2D eigenvalue weighted by Crippen LogP contribution is -2.37. The second-order valence-corrected chi connectivity index (χ2v) is 6.68. The molecule has 0 spiro atoms. The Morgan fingerprint density at radius 2 is 2.10 bits per heavy atom. The van der Waals surface area contributed by atoms with Crippen LogP contribution in [0.25, 0.3) is 10.6 Å². The van der Waals surface area contributed by atoms with Gasteiger partial charge in [0.15, 0.2) is 0 Å². The van der Waals surface area contributed by atoms with Crippen LogP contribution in [0.15, 0.2) is 24.3 Å². The lowest BCUT2D eigenvalue weighted by Gasteiger charge is -2.19. The third kappa shape index (κ3) is 4.12. The summed E-state index contributed by atoms with van der Waals surface area (Å²) in [5.41, 5.74) is 1.72. The van der Waals surface area contributed by atoms with E-state index in [0.29, 0.717) is 5.56 Å². The Kier molecular flexibility index (Phi) is 4.48. The van der Waals surface area contributed by atoms with Crippen molar-refractivity contribution in [3.05, 3.63) is 34.8 Å². The minimum atomic E-state index is 0.120. The Balaban J connectivity index is 2.03. The van der Waals surface area contributed by atoms with E-state index in [2.05, 4.69) is 42.4 Å². The number of benzene rings is 1. The Morgan fingerprint density at radius 3 is 2.80 bits per heavy atom. The van der Waals surface area contributed by atoms with Crippen molar-refractivity contribution < 1.29 is 0 Å². The molecular formula is C15H18N4S. The van der Waals surface area contributed by atoms with E-state index in [1.54, 1.807) is 17.4 Å². The predicted octanol–water partition coefficient (Wildman–Crippen LogP) is 3.01. The summed E-state index contributed by atoms with van der Waals surface area (Å²) in [6.07, 6.45) is 0.868. The maximum absolute atomic E-state index is 8.92. The number of rotatable bonds is 4. The second kappa shape index (κ2) is 6.12. The molecule has 20 heavy (non-hydrogen) atoms. The van der Waals surface area contributed by atoms with Crippen LogP contribution >= 0.6 is 11.3 Å². The van der Waals surface area contributed by atoms with Gasteiger partial charge in [-0.25, -0.2) is 0 Å². The predicted molar refractivity (Wildman–Crippen MR) is 81.5 cm³/mol. The van der Waals surface area contributed by atoms with Crippen LogP contribution in [0.4, 0.5) is 0 Å². The van der Waals surface area contributed by atoms with Crippen LogP contribution < -0.4 is 5.32 Å². The van der Waals surface area contributed by atoms with Gasteiger partial charge in [-0.2, -0.15) is 5.26 Å². The van der Waals surface area contributed by atoms with E-state index in [1.165, 1.54) is 0 Å². The van der Waals surface area contributed by atoms with Gasteiger partial charge in [0.1, 0.15) is 10.0 Å². The highest BCUT2D eigenvalue weighted by Crippen LogP contribution is 2.24. The van der Waals surface area contributed by atoms with E-state index in [0.717, 1.165) is 28.5 Å². The molecule has 0 amide bonds. The van der Waals surface area contributed by atoms with Gasteiger partial charge in [-0.3, -0.25) is 0 Å². The summed E-state index contributed by atoms with van der Waals surface area (Å²) in [6, 6.07) is 9.60. The number of aromatic nitrogens is 2. The van der Waals surface area contributed by atoms with Crippen molar-refractivity contribution in [1.29, 1.82) is 5.26 Å². The molecular weight excluding hydrogens is 268 g/mol. The molecule has 0 fully saturated rings. The zero-order valence-corrected chi connectivity index (χ0v) is 12.8. The Labute approximate surface area is 123 Å². The van der Waals surface area contributed by atoms with Crippen molar-refractivity contribution in [2.24, 2.45) is 0 Å². The average molecular weight is 286 g/mol. The van der Waals surface area contributed by atoms with E-state index in [4.69, 9.17) is 5.26 Å². The molecule has 0 saturated heterocycles. The highest BCUT2D eigenvalue weighted by Gasteiger charge is 2.10. The molecule has 104 valence electrons. The van der Waals surface area contributed by atoms with Gasteiger partial charge in [0.2, 0.25) is 0 Å². The first-order chi connectivity index (χ1) is 9.48. The molecule has 2 aromatic rings. The molecule has 0 aliphatic rings. The molecule has 0 radical (unpaired) electrons. The largest absolute Gasteiger partial charge is 0.312 e. The maximum Gasteiger partial charge on any atom is 0.147 e. The summed E-state index contributed by atoms with van der Waals surface area (Å²) >= 11 is 1.58. The monoisotopic (exact) mass is 286 g/mol. The van der Waals surface area contributed by atoms with E-state index in [1.807, 2.05) is 18.2 Å². The van der Waals surface area contributed by atoms with Gasteiger partial charge in [0.05, 0.1) is 11.6 Å². The molecule has 1 N–H and O–H groups in total. The van der Waals surface area contributed by atoms with Gasteiger partial charge >= 0.3 is 0 Å². The fourth-order valence-corrected chi connectivity index (χ4v) is 2.57. The minimum Gasteiger partial charge on any atom is -0.312 e. The first-order valence-electron chi connectivity index (χ1n) is 6.56. The first kappa shape index (κ1) is 14.6. The van der Waals surface area contributed by atoms with Crippen LogP contribution in [0, 0.1) is 11.3 Å². The van der Waals surface area contributed by atoms with E-state index in [-0.39, 0.29) is 5.54 Å². The number of nitrogens with zero attached hydrogens (tertiary/aromatic N) is 3. The third-order valence-corrected chi connectivity index (χ3v) is 3.73. The SMILES string of the molecule is CC(C)(C)NCCc1nnc(-c2cccc(C#N)c2)s1. The molecule has 1 heterocycles. The van der Waals surface area contributed by atoms with Crippen molar-refractivity contribution in [1.82, 2.24) is 15.5 Å². The van der Waals surface area contributed by atoms with Gasteiger partial charge in [-0.15, -0.1) is 10.2 Å². The van der Waals surface area contributed by atoms with Crippen LogP contribution in [0.1, 0.15) is 31.3 Å². The smallest absolute Gasteiger partial charge is 0.147 e. The topological polar surface area (TPSA) is 61.6 Å². The highest BCUT2D eigenvalue weighted by molar-refractivity contribution is 7.14. The molecule has 0 bridgehead atoms. The second-order valence-electron chi connectivity index (χ2n) is 5.62. The van der Waals surface area contributed by atoms with Crippen LogP contribution in [0.2, 0.25) is 0 Å². The summed E-state index contributed by atoms with van der Waals surface area (Å²) in [5.74, 6) is 0. The zero-order chi connectivity index (χ0) is 14.6.